The Bertz CT molecular complexity index is 368. The molecule has 1 N–H and O–H groups in total. The normalized spacial score (nSPS) is 9.57. The molecule has 0 heterocycles. The number of terminal acetylenes is 1. The third kappa shape index (κ3) is 2.94. The van der Waals surface area contributed by atoms with Crippen molar-refractivity contribution in [2.75, 3.05) is 11.9 Å². The van der Waals surface area contributed by atoms with E-state index in [4.69, 9.17) is 18.0 Å². The molecule has 0 aromatic heterocycles. The van der Waals surface area contributed by atoms with Crippen molar-refractivity contribution in [2.45, 2.75) is 13.3 Å². The van der Waals surface area contributed by atoms with E-state index in [1.165, 1.54) is 0 Å². The summed E-state index contributed by atoms with van der Waals surface area (Å²) in [6.45, 7) is 2.73. The second kappa shape index (κ2) is 5.29. The number of anilines is 1. The molecule has 1 aromatic carbocycles. The number of aryl methyl sites for hydroxylation is 1. The zero-order chi connectivity index (χ0) is 10.6. The summed E-state index contributed by atoms with van der Waals surface area (Å²) in [6.07, 6.45) is 5.86. The fraction of sp³-hybridized carbons (Fsp3) is 0.273. The van der Waals surface area contributed by atoms with E-state index in [9.17, 15) is 0 Å². The average molecular weight is 273 g/mol. The largest absolute Gasteiger partial charge is 0.383 e. The zero-order valence-corrected chi connectivity index (χ0v) is 10.2. The summed E-state index contributed by atoms with van der Waals surface area (Å²) in [4.78, 5) is 0. The molecule has 0 aliphatic rings. The molecule has 1 nitrogen and oxygen atoms in total. The predicted octanol–water partition coefficient (Wildman–Crippen LogP) is 3.85. The molecule has 74 valence electrons. The second-order valence-electron chi connectivity index (χ2n) is 2.96. The van der Waals surface area contributed by atoms with Gasteiger partial charge < -0.3 is 5.32 Å². The number of rotatable bonds is 3. The van der Waals surface area contributed by atoms with Crippen LogP contribution in [0.15, 0.2) is 16.6 Å². The van der Waals surface area contributed by atoms with Crippen molar-refractivity contribution >= 4 is 33.2 Å². The van der Waals surface area contributed by atoms with Crippen LogP contribution in [-0.2, 0) is 0 Å². The van der Waals surface area contributed by atoms with Gasteiger partial charge in [-0.15, -0.1) is 12.3 Å². The van der Waals surface area contributed by atoms with Gasteiger partial charge in [0.25, 0.3) is 0 Å². The Morgan fingerprint density at radius 2 is 2.29 bits per heavy atom. The third-order valence-electron chi connectivity index (χ3n) is 1.83. The van der Waals surface area contributed by atoms with Crippen LogP contribution in [-0.4, -0.2) is 6.54 Å². The van der Waals surface area contributed by atoms with Gasteiger partial charge in [0.05, 0.1) is 0 Å². The number of halogens is 2. The van der Waals surface area contributed by atoms with Gasteiger partial charge in [0.15, 0.2) is 0 Å². The summed E-state index contributed by atoms with van der Waals surface area (Å²) >= 11 is 9.46. The van der Waals surface area contributed by atoms with E-state index in [0.29, 0.717) is 6.42 Å². The van der Waals surface area contributed by atoms with E-state index in [1.807, 2.05) is 19.1 Å². The quantitative estimate of drug-likeness (QED) is 0.651. The van der Waals surface area contributed by atoms with Crippen LogP contribution in [0.25, 0.3) is 0 Å². The highest BCUT2D eigenvalue weighted by molar-refractivity contribution is 9.10. The van der Waals surface area contributed by atoms with Crippen molar-refractivity contribution in [1.82, 2.24) is 0 Å². The molecule has 0 unspecified atom stereocenters. The lowest BCUT2D eigenvalue weighted by Gasteiger charge is -2.09. The fourth-order valence-electron chi connectivity index (χ4n) is 1.05. The van der Waals surface area contributed by atoms with Crippen LogP contribution in [0.5, 0.6) is 0 Å². The van der Waals surface area contributed by atoms with Crippen LogP contribution in [0.2, 0.25) is 5.02 Å². The van der Waals surface area contributed by atoms with Gasteiger partial charge >= 0.3 is 0 Å². The van der Waals surface area contributed by atoms with Gasteiger partial charge in [0.2, 0.25) is 0 Å². The van der Waals surface area contributed by atoms with Gasteiger partial charge in [-0.05, 0) is 40.5 Å². The zero-order valence-electron chi connectivity index (χ0n) is 7.90. The molecule has 0 spiro atoms. The summed E-state index contributed by atoms with van der Waals surface area (Å²) in [5.74, 6) is 2.57. The maximum Gasteiger partial charge on any atom is 0.0500 e. The molecule has 0 aliphatic carbocycles. The maximum absolute atomic E-state index is 6.00. The van der Waals surface area contributed by atoms with E-state index < -0.39 is 0 Å². The first-order chi connectivity index (χ1) is 6.65. The average Bonchev–Trinajstić information content (AvgIpc) is 2.14. The fourth-order valence-corrected chi connectivity index (χ4v) is 1.81. The lowest BCUT2D eigenvalue weighted by Crippen LogP contribution is -2.01. The summed E-state index contributed by atoms with van der Waals surface area (Å²) < 4.78 is 1.01. The Hall–Kier alpha value is -0.650. The molecule has 0 radical (unpaired) electrons. The molecular weight excluding hydrogens is 261 g/mol. The van der Waals surface area contributed by atoms with Crippen LogP contribution >= 0.6 is 27.5 Å². The van der Waals surface area contributed by atoms with Gasteiger partial charge in [0, 0.05) is 28.1 Å². The van der Waals surface area contributed by atoms with E-state index >= 15 is 0 Å². The van der Waals surface area contributed by atoms with Crippen molar-refractivity contribution in [3.05, 3.63) is 27.2 Å². The first-order valence-electron chi connectivity index (χ1n) is 4.28. The van der Waals surface area contributed by atoms with Crippen molar-refractivity contribution in [1.29, 1.82) is 0 Å². The summed E-state index contributed by atoms with van der Waals surface area (Å²) in [7, 11) is 0. The smallest absolute Gasteiger partial charge is 0.0500 e. The Morgan fingerprint density at radius 3 is 2.93 bits per heavy atom. The molecule has 0 saturated carbocycles. The first kappa shape index (κ1) is 11.4. The molecule has 0 aliphatic heterocycles. The molecule has 0 amide bonds. The Kier molecular flexibility index (Phi) is 4.31. The minimum absolute atomic E-state index is 0.706. The molecule has 0 fully saturated rings. The Balaban J connectivity index is 2.78. The van der Waals surface area contributed by atoms with Crippen LogP contribution in [0.4, 0.5) is 5.69 Å². The molecule has 0 bridgehead atoms. The molecule has 3 heteroatoms. The maximum atomic E-state index is 6.00. The molecule has 1 aromatic rings. The minimum atomic E-state index is 0.706. The number of hydrogen-bond acceptors (Lipinski definition) is 1. The van der Waals surface area contributed by atoms with Crippen LogP contribution in [0, 0.1) is 19.3 Å². The highest BCUT2D eigenvalue weighted by atomic mass is 79.9. The Morgan fingerprint density at radius 1 is 1.57 bits per heavy atom. The van der Waals surface area contributed by atoms with Gasteiger partial charge in [0.1, 0.15) is 0 Å². The Labute approximate surface area is 98.0 Å². The van der Waals surface area contributed by atoms with Gasteiger partial charge in [-0.2, -0.15) is 0 Å². The number of benzene rings is 1. The lowest BCUT2D eigenvalue weighted by molar-refractivity contribution is 1.09. The monoisotopic (exact) mass is 271 g/mol. The molecular formula is C11H11BrClN. The van der Waals surface area contributed by atoms with Gasteiger partial charge in [-0.3, -0.25) is 0 Å². The van der Waals surface area contributed by atoms with Gasteiger partial charge in [-0.25, -0.2) is 0 Å². The lowest BCUT2D eigenvalue weighted by atomic mass is 10.2. The molecule has 0 saturated heterocycles. The van der Waals surface area contributed by atoms with E-state index in [1.54, 1.807) is 0 Å². The highest BCUT2D eigenvalue weighted by Gasteiger charge is 2.02. The number of hydrogen-bond donors (Lipinski definition) is 1. The minimum Gasteiger partial charge on any atom is -0.383 e. The van der Waals surface area contributed by atoms with E-state index in [2.05, 4.69) is 27.2 Å². The SMILES string of the molecule is C#CCCNc1cc(Cl)c(C)cc1Br. The third-order valence-corrected chi connectivity index (χ3v) is 2.90. The molecule has 1 rings (SSSR count). The summed E-state index contributed by atoms with van der Waals surface area (Å²) in [6, 6.07) is 3.89. The summed E-state index contributed by atoms with van der Waals surface area (Å²) in [5, 5.41) is 3.97. The van der Waals surface area contributed by atoms with Gasteiger partial charge in [-0.1, -0.05) is 11.6 Å². The van der Waals surface area contributed by atoms with E-state index in [-0.39, 0.29) is 0 Å². The highest BCUT2D eigenvalue weighted by Crippen LogP contribution is 2.28. The molecule has 0 atom stereocenters. The summed E-state index contributed by atoms with van der Waals surface area (Å²) in [5.41, 5.74) is 2.04. The van der Waals surface area contributed by atoms with Crippen molar-refractivity contribution in [3.63, 3.8) is 0 Å². The number of nitrogens with one attached hydrogen (secondary N) is 1. The van der Waals surface area contributed by atoms with Crippen molar-refractivity contribution in [3.8, 4) is 12.3 Å². The van der Waals surface area contributed by atoms with E-state index in [0.717, 1.165) is 27.3 Å². The molecule has 14 heavy (non-hydrogen) atoms. The second-order valence-corrected chi connectivity index (χ2v) is 4.22. The van der Waals surface area contributed by atoms with Crippen molar-refractivity contribution < 1.29 is 0 Å². The van der Waals surface area contributed by atoms with Crippen molar-refractivity contribution in [2.24, 2.45) is 0 Å². The van der Waals surface area contributed by atoms with Crippen LogP contribution in [0.3, 0.4) is 0 Å². The van der Waals surface area contributed by atoms with Crippen LogP contribution < -0.4 is 5.32 Å². The standard InChI is InChI=1S/C11H11BrClN/c1-3-4-5-14-11-7-10(13)8(2)6-9(11)12/h1,6-7,14H,4-5H2,2H3. The first-order valence-corrected chi connectivity index (χ1v) is 5.45. The predicted molar refractivity (Wildman–Crippen MR) is 65.8 cm³/mol. The van der Waals surface area contributed by atoms with Crippen LogP contribution in [0.1, 0.15) is 12.0 Å². The topological polar surface area (TPSA) is 12.0 Å².